The van der Waals surface area contributed by atoms with E-state index in [-0.39, 0.29) is 11.6 Å². The molecule has 1 fully saturated rings. The fourth-order valence-electron chi connectivity index (χ4n) is 4.48. The van der Waals surface area contributed by atoms with Gasteiger partial charge in [-0.15, -0.1) is 0 Å². The van der Waals surface area contributed by atoms with Crippen LogP contribution in [0.3, 0.4) is 0 Å². The van der Waals surface area contributed by atoms with Crippen LogP contribution in [0.2, 0.25) is 0 Å². The van der Waals surface area contributed by atoms with Gasteiger partial charge in [-0.25, -0.2) is 23.5 Å². The molecule has 20 heteroatoms. The molecule has 264 valence electrons. The summed E-state index contributed by atoms with van der Waals surface area (Å²) in [5.74, 6) is -0.0768. The summed E-state index contributed by atoms with van der Waals surface area (Å²) in [6.45, 7) is -1.41. The average molecular weight is 733 g/mol. The van der Waals surface area contributed by atoms with Crippen LogP contribution in [-0.4, -0.2) is 61.5 Å². The zero-order valence-electron chi connectivity index (χ0n) is 25.7. The van der Waals surface area contributed by atoms with E-state index < -0.39 is 71.3 Å². The molecular weight excluding hydrogens is 702 g/mol. The van der Waals surface area contributed by atoms with Crippen molar-refractivity contribution in [1.82, 2.24) is 9.55 Å². The molecule has 0 bridgehead atoms. The van der Waals surface area contributed by atoms with Gasteiger partial charge >= 0.3 is 33.5 Å². The molecule has 1 aliphatic rings. The fraction of sp³-hybridized carbons (Fsp3) is 0.200. The van der Waals surface area contributed by atoms with Crippen molar-refractivity contribution in [2.75, 3.05) is 17.2 Å². The molecular formula is C30H30N4O14P2. The van der Waals surface area contributed by atoms with Gasteiger partial charge in [-0.1, -0.05) is 66.7 Å². The Kier molecular flexibility index (Phi) is 11.9. The van der Waals surface area contributed by atoms with Crippen LogP contribution in [0, 0.1) is 0 Å². The number of aliphatic hydroxyl groups is 1. The summed E-state index contributed by atoms with van der Waals surface area (Å²) in [7, 11) is -10.5. The summed E-state index contributed by atoms with van der Waals surface area (Å²) in [5, 5.41) is 16.0. The Morgan fingerprint density at radius 2 is 1.48 bits per heavy atom. The summed E-state index contributed by atoms with van der Waals surface area (Å²) in [4.78, 5) is 62.0. The van der Waals surface area contributed by atoms with Gasteiger partial charge in [-0.3, -0.25) is 18.9 Å². The first-order valence-corrected chi connectivity index (χ1v) is 17.6. The number of aliphatic hydroxyl groups excluding tert-OH is 1. The lowest BCUT2D eigenvalue weighted by Gasteiger charge is -2.21. The quantitative estimate of drug-likeness (QED) is 0.0735. The highest BCUT2D eigenvalue weighted by atomic mass is 31.3. The van der Waals surface area contributed by atoms with E-state index in [0.29, 0.717) is 11.3 Å². The van der Waals surface area contributed by atoms with E-state index in [4.69, 9.17) is 23.3 Å². The number of phosphoric ester groups is 2. The number of para-hydroxylation sites is 2. The van der Waals surface area contributed by atoms with Crippen LogP contribution < -0.4 is 21.1 Å². The van der Waals surface area contributed by atoms with Crippen molar-refractivity contribution in [1.29, 1.82) is 0 Å². The molecule has 0 aliphatic carbocycles. The number of hydrogen-bond acceptors (Lipinski definition) is 13. The van der Waals surface area contributed by atoms with Crippen LogP contribution in [0.4, 0.5) is 21.1 Å². The van der Waals surface area contributed by atoms with E-state index in [1.807, 2.05) is 0 Å². The van der Waals surface area contributed by atoms with Gasteiger partial charge in [0.2, 0.25) is 0 Å². The number of carbonyl (C=O) groups is 2. The number of ether oxygens (including phenoxy) is 3. The Hall–Kier alpha value is -4.74. The molecule has 0 saturated carbocycles. The number of hydrogen-bond donors (Lipinski definition) is 5. The van der Waals surface area contributed by atoms with Crippen LogP contribution >= 0.6 is 15.6 Å². The van der Waals surface area contributed by atoms with Crippen LogP contribution in [0.1, 0.15) is 11.8 Å². The van der Waals surface area contributed by atoms with E-state index in [2.05, 4.69) is 19.9 Å². The number of anilines is 2. The van der Waals surface area contributed by atoms with Gasteiger partial charge in [0.05, 0.1) is 13.2 Å². The van der Waals surface area contributed by atoms with Crippen molar-refractivity contribution in [2.24, 2.45) is 0 Å². The third-order valence-corrected chi connectivity index (χ3v) is 9.29. The number of carbonyl (C=O) groups excluding carboxylic acids is 2. The first-order valence-electron chi connectivity index (χ1n) is 14.6. The Balaban J connectivity index is 1.28. The molecule has 0 spiro atoms. The highest BCUT2D eigenvalue weighted by Gasteiger charge is 2.49. The summed E-state index contributed by atoms with van der Waals surface area (Å²) < 4.78 is 55.7. The van der Waals surface area contributed by atoms with Crippen LogP contribution in [-0.2, 0) is 38.6 Å². The molecule has 6 atom stereocenters. The van der Waals surface area contributed by atoms with Crippen molar-refractivity contribution in [3.05, 3.63) is 119 Å². The number of nitrogens with one attached hydrogen (secondary N) is 2. The summed E-state index contributed by atoms with van der Waals surface area (Å²) in [6.07, 6.45) is -6.93. The second-order valence-corrected chi connectivity index (χ2v) is 13.4. The van der Waals surface area contributed by atoms with Gasteiger partial charge in [0, 0.05) is 11.9 Å². The highest BCUT2D eigenvalue weighted by molar-refractivity contribution is 7.61. The van der Waals surface area contributed by atoms with Crippen molar-refractivity contribution in [3.63, 3.8) is 0 Å². The minimum Gasteiger partial charge on any atom is -0.423 e. The highest BCUT2D eigenvalue weighted by Crippen LogP contribution is 2.61. The van der Waals surface area contributed by atoms with E-state index >= 15 is 0 Å². The summed E-state index contributed by atoms with van der Waals surface area (Å²) in [5.41, 5.74) is -0.0886. The molecule has 2 heterocycles. The minimum absolute atomic E-state index is 0.0895. The smallest absolute Gasteiger partial charge is 0.423 e. The number of phosphoric acid groups is 2. The molecule has 4 aromatic rings. The second-order valence-electron chi connectivity index (χ2n) is 10.3. The van der Waals surface area contributed by atoms with E-state index in [1.165, 1.54) is 18.2 Å². The lowest BCUT2D eigenvalue weighted by atomic mass is 10.1. The predicted molar refractivity (Wildman–Crippen MR) is 173 cm³/mol. The summed E-state index contributed by atoms with van der Waals surface area (Å²) >= 11 is 0. The normalized spacial score (nSPS) is 20.9. The maximum Gasteiger partial charge on any atom is 0.514 e. The van der Waals surface area contributed by atoms with E-state index in [1.54, 1.807) is 78.9 Å². The third-order valence-electron chi connectivity index (χ3n) is 6.71. The van der Waals surface area contributed by atoms with Gasteiger partial charge in [-0.05, 0) is 35.9 Å². The molecule has 3 aromatic carbocycles. The number of benzene rings is 3. The number of urea groups is 1. The molecule has 1 aliphatic heterocycles. The minimum atomic E-state index is -5.34. The van der Waals surface area contributed by atoms with Gasteiger partial charge in [-0.2, -0.15) is 9.29 Å². The van der Waals surface area contributed by atoms with Gasteiger partial charge in [0.1, 0.15) is 23.8 Å². The fourth-order valence-corrected chi connectivity index (χ4v) is 6.55. The Labute approximate surface area is 283 Å². The first kappa shape index (κ1) is 36.5. The molecule has 2 amide bonds. The monoisotopic (exact) mass is 732 g/mol. The zero-order valence-corrected chi connectivity index (χ0v) is 27.4. The molecule has 3 unspecified atom stereocenters. The zero-order chi connectivity index (χ0) is 35.7. The molecule has 18 nitrogen and oxygen atoms in total. The standard InChI is InChI=1S/C30H30N4O14P2/c35-25-23(19-44-50(41,42)48-49(39,40)43-18-20-10-4-1-5-11-20)46-27(26(25)47-30(38)45-22-14-8-3-9-15-22)34-17-16-24(33-29(34)37)32-28(36)31-21-12-6-2-7-13-21/h1-17,23,25-27,35H,18-19H2,(H,39,40)(H,41,42)(H2,31,32,33,36,37)/t23-,25?,26+,27-/m1/s1. The van der Waals surface area contributed by atoms with Crippen molar-refractivity contribution >= 4 is 39.3 Å². The molecule has 1 aromatic heterocycles. The predicted octanol–water partition coefficient (Wildman–Crippen LogP) is 4.18. The molecule has 5 N–H and O–H groups in total. The van der Waals surface area contributed by atoms with Crippen molar-refractivity contribution < 1.29 is 61.2 Å². The molecule has 1 saturated heterocycles. The van der Waals surface area contributed by atoms with Crippen LogP contribution in [0.15, 0.2) is 108 Å². The van der Waals surface area contributed by atoms with Crippen LogP contribution in [0.25, 0.3) is 0 Å². The van der Waals surface area contributed by atoms with Gasteiger partial charge in [0.25, 0.3) is 0 Å². The maximum atomic E-state index is 13.1. The van der Waals surface area contributed by atoms with Crippen molar-refractivity contribution in [2.45, 2.75) is 31.1 Å². The Morgan fingerprint density at radius 3 is 2.14 bits per heavy atom. The maximum absolute atomic E-state index is 13.1. The average Bonchev–Trinajstić information content (AvgIpc) is 3.37. The summed E-state index contributed by atoms with van der Waals surface area (Å²) in [6, 6.07) is 24.8. The molecule has 5 rings (SSSR count). The SMILES string of the molecule is O=C(Nc1ccccc1)Nc1ccn([C@@H]2O[C@H](COP(=O)(O)OP(=O)(O)OCc3ccccc3)C(O)[C@@H]2OC(=O)Oc2ccccc2)c(=O)n1. The van der Waals surface area contributed by atoms with E-state index in [9.17, 15) is 38.4 Å². The van der Waals surface area contributed by atoms with E-state index in [0.717, 1.165) is 10.8 Å². The topological polar surface area (TPSA) is 243 Å². The lowest BCUT2D eigenvalue weighted by Crippen LogP contribution is -2.40. The number of amides is 2. The Morgan fingerprint density at radius 1 is 0.860 bits per heavy atom. The molecule has 50 heavy (non-hydrogen) atoms. The van der Waals surface area contributed by atoms with Gasteiger partial charge < -0.3 is 34.4 Å². The first-order chi connectivity index (χ1) is 23.9. The number of nitrogens with zero attached hydrogens (tertiary/aromatic N) is 2. The number of aromatic nitrogens is 2. The Bertz CT molecular complexity index is 1920. The van der Waals surface area contributed by atoms with Crippen molar-refractivity contribution in [3.8, 4) is 5.75 Å². The largest absolute Gasteiger partial charge is 0.514 e. The third kappa shape index (κ3) is 10.4. The van der Waals surface area contributed by atoms with Crippen LogP contribution in [0.5, 0.6) is 5.75 Å². The molecule has 0 radical (unpaired) electrons. The lowest BCUT2D eigenvalue weighted by molar-refractivity contribution is -0.0604. The number of rotatable bonds is 13. The van der Waals surface area contributed by atoms with Gasteiger partial charge in [0.15, 0.2) is 12.3 Å². The second kappa shape index (κ2) is 16.3.